The fourth-order valence-corrected chi connectivity index (χ4v) is 10.2. The molecule has 0 spiro atoms. The Labute approximate surface area is 373 Å². The molecule has 0 N–H and O–H groups in total. The molecule has 1 atom stereocenters. The Morgan fingerprint density at radius 3 is 1.77 bits per heavy atom. The largest absolute Gasteiger partial charge is 0.309 e. The van der Waals surface area contributed by atoms with E-state index in [4.69, 9.17) is 15.0 Å². The van der Waals surface area contributed by atoms with Crippen molar-refractivity contribution < 1.29 is 0 Å². The molecule has 0 saturated heterocycles. The second kappa shape index (κ2) is 15.1. The van der Waals surface area contributed by atoms with E-state index in [1.54, 1.807) is 0 Å². The minimum absolute atomic E-state index is 0.0440. The Morgan fingerprint density at radius 2 is 1.05 bits per heavy atom. The van der Waals surface area contributed by atoms with Gasteiger partial charge in [-0.15, -0.1) is 0 Å². The van der Waals surface area contributed by atoms with Crippen molar-refractivity contribution in [1.82, 2.24) is 19.5 Å². The molecule has 304 valence electrons. The maximum atomic E-state index is 5.24. The van der Waals surface area contributed by atoms with E-state index < -0.39 is 0 Å². The predicted molar refractivity (Wildman–Crippen MR) is 264 cm³/mol. The molecule has 0 amide bonds. The van der Waals surface area contributed by atoms with Crippen molar-refractivity contribution in [2.24, 2.45) is 0 Å². The van der Waals surface area contributed by atoms with Gasteiger partial charge >= 0.3 is 0 Å². The molecule has 64 heavy (non-hydrogen) atoms. The second-order valence-corrected chi connectivity index (χ2v) is 17.6. The maximum Gasteiger partial charge on any atom is 0.164 e. The van der Waals surface area contributed by atoms with Gasteiger partial charge in [-0.2, -0.15) is 0 Å². The smallest absolute Gasteiger partial charge is 0.164 e. The van der Waals surface area contributed by atoms with Gasteiger partial charge in [0.25, 0.3) is 0 Å². The van der Waals surface area contributed by atoms with Crippen molar-refractivity contribution in [2.45, 2.75) is 31.6 Å². The zero-order chi connectivity index (χ0) is 42.8. The van der Waals surface area contributed by atoms with Crippen LogP contribution in [0.25, 0.3) is 83.7 Å². The molecule has 12 rings (SSSR count). The van der Waals surface area contributed by atoms with Gasteiger partial charge < -0.3 is 4.57 Å². The lowest BCUT2D eigenvalue weighted by Crippen LogP contribution is -2.14. The van der Waals surface area contributed by atoms with Gasteiger partial charge in [0, 0.05) is 38.9 Å². The Balaban J connectivity index is 1.08. The lowest BCUT2D eigenvalue weighted by Gasteiger charge is -2.23. The van der Waals surface area contributed by atoms with E-state index in [1.165, 1.54) is 60.8 Å². The van der Waals surface area contributed by atoms with Crippen molar-refractivity contribution in [2.75, 3.05) is 0 Å². The van der Waals surface area contributed by atoms with E-state index in [0.717, 1.165) is 39.9 Å². The number of nitrogens with zero attached hydrogens (tertiary/aromatic N) is 4. The second-order valence-electron chi connectivity index (χ2n) is 17.6. The van der Waals surface area contributed by atoms with E-state index in [9.17, 15) is 0 Å². The summed E-state index contributed by atoms with van der Waals surface area (Å²) in [7, 11) is 0. The fraction of sp³-hybridized carbons (Fsp3) is 0.0833. The van der Waals surface area contributed by atoms with Gasteiger partial charge in [0.05, 0.1) is 11.0 Å². The number of hydrogen-bond acceptors (Lipinski definition) is 3. The lowest BCUT2D eigenvalue weighted by molar-refractivity contribution is 0.660. The summed E-state index contributed by atoms with van der Waals surface area (Å²) in [6.45, 7) is 4.69. The van der Waals surface area contributed by atoms with Crippen LogP contribution in [0.3, 0.4) is 0 Å². The molecular weight excluding hydrogens is 777 g/mol. The highest BCUT2D eigenvalue weighted by Crippen LogP contribution is 2.50. The molecule has 4 heteroatoms. The van der Waals surface area contributed by atoms with Crippen LogP contribution in [0.4, 0.5) is 0 Å². The summed E-state index contributed by atoms with van der Waals surface area (Å²) in [6, 6.07) is 71.9. The van der Waals surface area contributed by atoms with Crippen LogP contribution in [0.5, 0.6) is 0 Å². The average molecular weight is 821 g/mol. The maximum absolute atomic E-state index is 5.24. The van der Waals surface area contributed by atoms with Crippen molar-refractivity contribution in [3.05, 3.63) is 240 Å². The fourth-order valence-electron chi connectivity index (χ4n) is 10.2. The Kier molecular flexibility index (Phi) is 8.94. The SMILES string of the molecule is CC1(C)c2ccccc2-c2cc(-c3ccc4c(c3)c3c(C5=CC(c6ccccc6)CC(c6nc(-c7ccccc7)nc(-c7ccccc7)n6)=C5)cccc3n4-c3ccccc3)ccc21. The Hall–Kier alpha value is -7.95. The number of benzene rings is 8. The molecule has 10 aromatic rings. The monoisotopic (exact) mass is 820 g/mol. The molecule has 0 bridgehead atoms. The first-order valence-electron chi connectivity index (χ1n) is 22.2. The van der Waals surface area contributed by atoms with Gasteiger partial charge in [0.2, 0.25) is 0 Å². The van der Waals surface area contributed by atoms with Crippen molar-refractivity contribution >= 4 is 33.0 Å². The van der Waals surface area contributed by atoms with Crippen LogP contribution in [0.1, 0.15) is 54.3 Å². The van der Waals surface area contributed by atoms with E-state index in [-0.39, 0.29) is 11.3 Å². The predicted octanol–water partition coefficient (Wildman–Crippen LogP) is 14.9. The normalized spacial score (nSPS) is 15.1. The number of rotatable bonds is 7. The van der Waals surface area contributed by atoms with E-state index >= 15 is 0 Å². The van der Waals surface area contributed by atoms with E-state index in [1.807, 2.05) is 36.4 Å². The highest BCUT2D eigenvalue weighted by Gasteiger charge is 2.35. The number of fused-ring (bicyclic) bond motifs is 6. The average Bonchev–Trinajstić information content (AvgIpc) is 3.82. The summed E-state index contributed by atoms with van der Waals surface area (Å²) < 4.78 is 2.42. The highest BCUT2D eigenvalue weighted by molar-refractivity contribution is 6.16. The minimum atomic E-state index is -0.0440. The standard InChI is InChI=1S/C60H44N4/c1-60(2)52-28-16-15-26-49(52)50-37-42(30-32-53(50)60)43-31-33-54-51(38-43)56-48(27-17-29-55(56)64(54)47-24-13-6-14-25-47)45-34-44(39-18-7-3-8-19-39)35-46(36-45)59-62-57(40-20-9-4-10-21-40)61-58(63-59)41-22-11-5-12-23-41/h3-34,36-38,44H,35H2,1-2H3. The van der Waals surface area contributed by atoms with Crippen LogP contribution in [0, 0.1) is 0 Å². The molecule has 2 aromatic heterocycles. The summed E-state index contributed by atoms with van der Waals surface area (Å²) >= 11 is 0. The number of aromatic nitrogens is 4. The van der Waals surface area contributed by atoms with E-state index in [0.29, 0.717) is 17.5 Å². The first kappa shape index (κ1) is 37.8. The third-order valence-corrected chi connectivity index (χ3v) is 13.4. The van der Waals surface area contributed by atoms with Crippen molar-refractivity contribution in [1.29, 1.82) is 0 Å². The molecule has 1 unspecified atom stereocenters. The van der Waals surface area contributed by atoms with Crippen LogP contribution >= 0.6 is 0 Å². The summed E-state index contributed by atoms with van der Waals surface area (Å²) in [5, 5.41) is 2.43. The topological polar surface area (TPSA) is 43.6 Å². The first-order valence-corrected chi connectivity index (χ1v) is 22.2. The van der Waals surface area contributed by atoms with Gasteiger partial charge in [-0.25, -0.2) is 15.0 Å². The third-order valence-electron chi connectivity index (χ3n) is 13.4. The zero-order valence-corrected chi connectivity index (χ0v) is 35.8. The highest BCUT2D eigenvalue weighted by atomic mass is 15.0. The van der Waals surface area contributed by atoms with E-state index in [2.05, 4.69) is 194 Å². The van der Waals surface area contributed by atoms with Gasteiger partial charge in [-0.05, 0) is 105 Å². The number of para-hydroxylation sites is 1. The molecule has 2 aliphatic rings. The Bertz CT molecular complexity index is 3410. The molecule has 0 fully saturated rings. The quantitative estimate of drug-likeness (QED) is 0.161. The molecule has 2 aliphatic carbocycles. The van der Waals surface area contributed by atoms with Crippen LogP contribution < -0.4 is 0 Å². The number of hydrogen-bond donors (Lipinski definition) is 0. The van der Waals surface area contributed by atoms with Crippen molar-refractivity contribution in [3.63, 3.8) is 0 Å². The molecule has 4 nitrogen and oxygen atoms in total. The third kappa shape index (κ3) is 6.33. The summed E-state index contributed by atoms with van der Waals surface area (Å²) in [6.07, 6.45) is 5.55. The van der Waals surface area contributed by atoms with Crippen LogP contribution in [0.15, 0.2) is 212 Å². The Morgan fingerprint density at radius 1 is 0.469 bits per heavy atom. The first-order chi connectivity index (χ1) is 31.5. The molecule has 2 heterocycles. The minimum Gasteiger partial charge on any atom is -0.309 e. The molecule has 0 radical (unpaired) electrons. The summed E-state index contributed by atoms with van der Waals surface area (Å²) in [5.74, 6) is 2.12. The molecule has 0 saturated carbocycles. The van der Waals surface area contributed by atoms with Crippen LogP contribution in [0.2, 0.25) is 0 Å². The summed E-state index contributed by atoms with van der Waals surface area (Å²) in [5.41, 5.74) is 17.8. The molecule has 0 aliphatic heterocycles. The van der Waals surface area contributed by atoms with Crippen LogP contribution in [-0.2, 0) is 5.41 Å². The zero-order valence-electron chi connectivity index (χ0n) is 35.8. The van der Waals surface area contributed by atoms with Gasteiger partial charge in [0.15, 0.2) is 17.5 Å². The van der Waals surface area contributed by atoms with Gasteiger partial charge in [0.1, 0.15) is 0 Å². The van der Waals surface area contributed by atoms with Crippen molar-refractivity contribution in [3.8, 4) is 50.7 Å². The molecular formula is C60H44N4. The van der Waals surface area contributed by atoms with Gasteiger partial charge in [-0.3, -0.25) is 0 Å². The van der Waals surface area contributed by atoms with Gasteiger partial charge in [-0.1, -0.05) is 184 Å². The lowest BCUT2D eigenvalue weighted by atomic mass is 9.82. The summed E-state index contributed by atoms with van der Waals surface area (Å²) in [4.78, 5) is 15.5. The molecule has 8 aromatic carbocycles. The number of allylic oxidation sites excluding steroid dienone is 4. The van der Waals surface area contributed by atoms with Crippen LogP contribution in [-0.4, -0.2) is 19.5 Å².